The molecular formula is C27H27N5O4. The van der Waals surface area contributed by atoms with E-state index in [1.54, 1.807) is 29.2 Å². The summed E-state index contributed by atoms with van der Waals surface area (Å²) < 4.78 is 0. The Morgan fingerprint density at radius 2 is 1.89 bits per heavy atom. The van der Waals surface area contributed by atoms with Crippen molar-refractivity contribution in [2.75, 3.05) is 11.9 Å². The number of anilines is 1. The zero-order valence-electron chi connectivity index (χ0n) is 20.3. The van der Waals surface area contributed by atoms with Crippen molar-refractivity contribution in [1.82, 2.24) is 9.88 Å². The van der Waals surface area contributed by atoms with Crippen LogP contribution in [-0.2, 0) is 13.2 Å². The van der Waals surface area contributed by atoms with E-state index in [0.717, 1.165) is 11.1 Å². The van der Waals surface area contributed by atoms with Crippen LogP contribution in [-0.4, -0.2) is 57.6 Å². The van der Waals surface area contributed by atoms with Gasteiger partial charge >= 0.3 is 5.97 Å². The highest BCUT2D eigenvalue weighted by Crippen LogP contribution is 2.32. The van der Waals surface area contributed by atoms with E-state index in [1.165, 1.54) is 6.07 Å². The monoisotopic (exact) mass is 485 g/mol. The second kappa shape index (κ2) is 10.1. The molecule has 2 aromatic carbocycles. The fraction of sp³-hybridized carbons (Fsp3) is 0.222. The lowest BCUT2D eigenvalue weighted by molar-refractivity contribution is 0.0693. The van der Waals surface area contributed by atoms with Crippen molar-refractivity contribution in [3.8, 4) is 11.1 Å². The number of carboxylic acid groups (broad SMARTS) is 1. The third kappa shape index (κ3) is 4.60. The highest BCUT2D eigenvalue weighted by molar-refractivity contribution is 6.10. The van der Waals surface area contributed by atoms with Gasteiger partial charge in [-0.05, 0) is 66.4 Å². The van der Waals surface area contributed by atoms with Crippen molar-refractivity contribution in [2.45, 2.75) is 33.0 Å². The normalized spacial score (nSPS) is 13.2. The zero-order chi connectivity index (χ0) is 26.0. The van der Waals surface area contributed by atoms with Gasteiger partial charge < -0.3 is 15.1 Å². The van der Waals surface area contributed by atoms with Crippen LogP contribution in [0.4, 0.5) is 5.82 Å². The van der Waals surface area contributed by atoms with Gasteiger partial charge in [-0.3, -0.25) is 9.69 Å². The predicted molar refractivity (Wildman–Crippen MR) is 138 cm³/mol. The summed E-state index contributed by atoms with van der Waals surface area (Å²) in [4.78, 5) is 33.0. The van der Waals surface area contributed by atoms with Gasteiger partial charge in [0.25, 0.3) is 5.91 Å². The maximum atomic E-state index is 13.4. The predicted octanol–water partition coefficient (Wildman–Crippen LogP) is 3.80. The molecule has 1 aliphatic rings. The smallest absolute Gasteiger partial charge is 0.336 e. The van der Waals surface area contributed by atoms with Crippen LogP contribution in [0.3, 0.4) is 0 Å². The van der Waals surface area contributed by atoms with Crippen molar-refractivity contribution in [3.05, 3.63) is 82.5 Å². The van der Waals surface area contributed by atoms with E-state index < -0.39 is 12.6 Å². The fourth-order valence-corrected chi connectivity index (χ4v) is 4.09. The molecule has 2 N–H and O–H groups in total. The number of amides is 1. The molecule has 0 aliphatic carbocycles. The van der Waals surface area contributed by atoms with Crippen LogP contribution in [0.15, 0.2) is 64.8 Å². The van der Waals surface area contributed by atoms with Gasteiger partial charge in [-0.1, -0.05) is 24.3 Å². The van der Waals surface area contributed by atoms with Crippen molar-refractivity contribution < 1.29 is 19.8 Å². The van der Waals surface area contributed by atoms with E-state index in [2.05, 4.69) is 16.9 Å². The molecule has 0 radical (unpaired) electrons. The van der Waals surface area contributed by atoms with Gasteiger partial charge in [0.15, 0.2) is 5.84 Å². The van der Waals surface area contributed by atoms with Gasteiger partial charge in [0.1, 0.15) is 11.5 Å². The van der Waals surface area contributed by atoms with Gasteiger partial charge in [0.05, 0.1) is 18.7 Å². The van der Waals surface area contributed by atoms with Crippen molar-refractivity contribution in [1.29, 1.82) is 0 Å². The zero-order valence-corrected chi connectivity index (χ0v) is 20.3. The molecule has 3 aromatic rings. The number of benzene rings is 2. The number of nitrogens with zero attached hydrogens (tertiary/aromatic N) is 5. The van der Waals surface area contributed by atoms with E-state index >= 15 is 0 Å². The average Bonchev–Trinajstić information content (AvgIpc) is 3.22. The lowest BCUT2D eigenvalue weighted by Crippen LogP contribution is -2.34. The Labute approximate surface area is 209 Å². The minimum atomic E-state index is -1.10. The minimum absolute atomic E-state index is 0.0493. The van der Waals surface area contributed by atoms with Crippen LogP contribution in [0, 0.1) is 0 Å². The largest absolute Gasteiger partial charge is 0.478 e. The SMILES string of the molecule is C=N/N=C(/c1cccc(N2Cc3ccc(-c4ccc(C(=O)O)c(CO)c4)cc3C2=O)n1)N(C)C(C)C. The molecule has 0 atom stereocenters. The number of hydrogen-bond acceptors (Lipinski definition) is 6. The Kier molecular flexibility index (Phi) is 6.93. The Hall–Kier alpha value is -4.37. The maximum Gasteiger partial charge on any atom is 0.336 e. The molecule has 9 heteroatoms. The molecule has 0 unspecified atom stereocenters. The molecule has 0 spiro atoms. The van der Waals surface area contributed by atoms with Crippen molar-refractivity contribution in [2.24, 2.45) is 10.2 Å². The molecule has 0 fully saturated rings. The maximum absolute atomic E-state index is 13.4. The van der Waals surface area contributed by atoms with Crippen LogP contribution in [0.5, 0.6) is 0 Å². The number of carboxylic acids is 1. The van der Waals surface area contributed by atoms with Gasteiger partial charge in [-0.25, -0.2) is 9.78 Å². The summed E-state index contributed by atoms with van der Waals surface area (Å²) >= 11 is 0. The lowest BCUT2D eigenvalue weighted by Gasteiger charge is -2.24. The first-order valence-electron chi connectivity index (χ1n) is 11.4. The van der Waals surface area contributed by atoms with Crippen molar-refractivity contribution in [3.63, 3.8) is 0 Å². The summed E-state index contributed by atoms with van der Waals surface area (Å²) in [6, 6.07) is 15.9. The molecule has 9 nitrogen and oxygen atoms in total. The summed E-state index contributed by atoms with van der Waals surface area (Å²) in [5.41, 5.74) is 3.82. The summed E-state index contributed by atoms with van der Waals surface area (Å²) in [7, 11) is 1.90. The first-order chi connectivity index (χ1) is 17.2. The van der Waals surface area contributed by atoms with Crippen LogP contribution in [0.1, 0.15) is 51.4 Å². The Bertz CT molecular complexity index is 1380. The third-order valence-corrected chi connectivity index (χ3v) is 6.27. The fourth-order valence-electron chi connectivity index (χ4n) is 4.09. The molecule has 0 saturated carbocycles. The summed E-state index contributed by atoms with van der Waals surface area (Å²) in [6.07, 6.45) is 0. The minimum Gasteiger partial charge on any atom is -0.478 e. The Morgan fingerprint density at radius 3 is 2.56 bits per heavy atom. The molecule has 0 saturated heterocycles. The highest BCUT2D eigenvalue weighted by Gasteiger charge is 2.30. The molecular weight excluding hydrogens is 458 g/mol. The number of aliphatic hydroxyl groups is 1. The number of rotatable bonds is 7. The number of amidine groups is 1. The quantitative estimate of drug-likeness (QED) is 0.299. The van der Waals surface area contributed by atoms with Gasteiger partial charge in [0.2, 0.25) is 0 Å². The van der Waals surface area contributed by atoms with E-state index in [4.69, 9.17) is 4.98 Å². The number of aromatic carboxylic acids is 1. The van der Waals surface area contributed by atoms with Crippen LogP contribution < -0.4 is 4.90 Å². The molecule has 2 heterocycles. The molecule has 1 aliphatic heterocycles. The van der Waals surface area contributed by atoms with Crippen LogP contribution in [0.25, 0.3) is 11.1 Å². The summed E-state index contributed by atoms with van der Waals surface area (Å²) in [5.74, 6) is -0.231. The summed E-state index contributed by atoms with van der Waals surface area (Å²) in [6.45, 7) is 7.50. The average molecular weight is 486 g/mol. The molecule has 4 rings (SSSR count). The summed E-state index contributed by atoms with van der Waals surface area (Å²) in [5, 5.41) is 26.8. The topological polar surface area (TPSA) is 119 Å². The number of carbonyl (C=O) groups is 2. The number of aliphatic hydroxyl groups excluding tert-OH is 1. The number of aromatic nitrogens is 1. The first-order valence-corrected chi connectivity index (χ1v) is 11.4. The van der Waals surface area contributed by atoms with E-state index in [9.17, 15) is 19.8 Å². The molecule has 1 aromatic heterocycles. The van der Waals surface area contributed by atoms with Crippen LogP contribution in [0.2, 0.25) is 0 Å². The lowest BCUT2D eigenvalue weighted by atomic mass is 9.97. The third-order valence-electron chi connectivity index (χ3n) is 6.27. The number of hydrogen-bond donors (Lipinski definition) is 2. The molecule has 1 amide bonds. The number of fused-ring (bicyclic) bond motifs is 1. The van der Waals surface area contributed by atoms with Gasteiger partial charge in [0, 0.05) is 25.4 Å². The van der Waals surface area contributed by atoms with E-state index in [-0.39, 0.29) is 17.5 Å². The molecule has 0 bridgehead atoms. The Morgan fingerprint density at radius 1 is 1.17 bits per heavy atom. The molecule has 184 valence electrons. The number of carbonyl (C=O) groups excluding carboxylic acids is 1. The number of pyridine rings is 1. The highest BCUT2D eigenvalue weighted by atomic mass is 16.4. The molecule has 36 heavy (non-hydrogen) atoms. The van der Waals surface area contributed by atoms with Gasteiger partial charge in [-0.2, -0.15) is 5.10 Å². The standard InChI is InChI=1S/C27H27N5O4/c1-16(2)31(4)25(30-28-3)23-6-5-7-24(29-23)32-14-19-9-8-18(13-22(19)26(32)34)17-10-11-21(27(35)36)20(12-17)15-33/h5-13,16,33H,3,14-15H2,1-2,4H3,(H,35,36)/b30-25-. The Balaban J connectivity index is 1.66. The van der Waals surface area contributed by atoms with E-state index in [0.29, 0.717) is 40.6 Å². The second-order valence-corrected chi connectivity index (χ2v) is 8.75. The second-order valence-electron chi connectivity index (χ2n) is 8.75. The first kappa shape index (κ1) is 24.7. The van der Waals surface area contributed by atoms with Crippen molar-refractivity contribution >= 4 is 30.2 Å². The van der Waals surface area contributed by atoms with Gasteiger partial charge in [-0.15, -0.1) is 5.10 Å². The van der Waals surface area contributed by atoms with E-state index in [1.807, 2.05) is 50.1 Å². The van der Waals surface area contributed by atoms with Crippen LogP contribution >= 0.6 is 0 Å².